The molecule has 2 aromatic rings. The van der Waals surface area contributed by atoms with Gasteiger partial charge in [0.25, 0.3) is 11.8 Å². The lowest BCUT2D eigenvalue weighted by molar-refractivity contribution is -0.122. The quantitative estimate of drug-likeness (QED) is 0.358. The van der Waals surface area contributed by atoms with E-state index in [9.17, 15) is 24.6 Å². The molecule has 3 N–H and O–H groups in total. The number of hydrogen-bond donors (Lipinski definition) is 3. The Kier molecular flexibility index (Phi) is 5.17. The summed E-state index contributed by atoms with van der Waals surface area (Å²) >= 11 is 1.85. The third kappa shape index (κ3) is 3.65. The van der Waals surface area contributed by atoms with E-state index in [0.717, 1.165) is 23.0 Å². The van der Waals surface area contributed by atoms with E-state index in [4.69, 9.17) is 0 Å². The highest BCUT2D eigenvalue weighted by molar-refractivity contribution is 14.1. The Balaban J connectivity index is 2.03. The monoisotopic (exact) mass is 478 g/mol. The van der Waals surface area contributed by atoms with Gasteiger partial charge < -0.3 is 10.2 Å². The number of hydrogen-bond acceptors (Lipinski definition) is 5. The van der Waals surface area contributed by atoms with Crippen molar-refractivity contribution in [2.24, 2.45) is 0 Å². The summed E-state index contributed by atoms with van der Waals surface area (Å²) in [5.41, 5.74) is 1.24. The lowest BCUT2D eigenvalue weighted by Crippen LogP contribution is -2.54. The van der Waals surface area contributed by atoms with Gasteiger partial charge in [-0.05, 0) is 58.9 Å². The van der Waals surface area contributed by atoms with Crippen molar-refractivity contribution >= 4 is 52.2 Å². The first-order valence-corrected chi connectivity index (χ1v) is 9.11. The molecule has 0 bridgehead atoms. The number of aromatic hydroxyl groups is 2. The van der Waals surface area contributed by atoms with Gasteiger partial charge in [0.2, 0.25) is 0 Å². The van der Waals surface area contributed by atoms with Crippen LogP contribution >= 0.6 is 22.6 Å². The number of anilines is 1. The van der Waals surface area contributed by atoms with Gasteiger partial charge in [-0.15, -0.1) is 0 Å². The molecular formula is C19H15IN2O5. The van der Waals surface area contributed by atoms with E-state index in [2.05, 4.69) is 5.32 Å². The number of phenolic OH excluding ortho intramolecular Hbond substituents is 2. The summed E-state index contributed by atoms with van der Waals surface area (Å²) in [6.07, 6.45) is 2.00. The highest BCUT2D eigenvalue weighted by Crippen LogP contribution is 2.31. The highest BCUT2D eigenvalue weighted by Gasteiger charge is 2.36. The van der Waals surface area contributed by atoms with E-state index in [1.54, 1.807) is 24.3 Å². The van der Waals surface area contributed by atoms with Gasteiger partial charge in [0.15, 0.2) is 0 Å². The molecular weight excluding hydrogens is 463 g/mol. The summed E-state index contributed by atoms with van der Waals surface area (Å²) in [5, 5.41) is 21.7. The maximum Gasteiger partial charge on any atom is 0.335 e. The fraction of sp³-hybridized carbons (Fsp3) is 0.105. The number of phenols is 2. The van der Waals surface area contributed by atoms with E-state index >= 15 is 0 Å². The van der Waals surface area contributed by atoms with Gasteiger partial charge in [-0.2, -0.15) is 0 Å². The number of aryl methyl sites for hydroxylation is 1. The molecule has 138 valence electrons. The fourth-order valence-corrected chi connectivity index (χ4v) is 3.10. The Bertz CT molecular complexity index is 982. The van der Waals surface area contributed by atoms with Gasteiger partial charge in [-0.25, -0.2) is 9.69 Å². The van der Waals surface area contributed by atoms with Gasteiger partial charge in [-0.1, -0.05) is 19.1 Å². The minimum absolute atomic E-state index is 0.123. The van der Waals surface area contributed by atoms with Crippen LogP contribution in [0.5, 0.6) is 11.5 Å². The number of barbiturate groups is 1. The third-order valence-corrected chi connectivity index (χ3v) is 4.96. The molecule has 27 heavy (non-hydrogen) atoms. The van der Waals surface area contributed by atoms with Gasteiger partial charge in [-0.3, -0.25) is 14.9 Å². The number of nitrogens with one attached hydrogen (secondary N) is 1. The number of amides is 4. The summed E-state index contributed by atoms with van der Waals surface area (Å²) in [6, 6.07) is 8.56. The average molecular weight is 478 g/mol. The van der Waals surface area contributed by atoms with Crippen molar-refractivity contribution in [3.8, 4) is 11.5 Å². The first-order valence-electron chi connectivity index (χ1n) is 8.03. The van der Waals surface area contributed by atoms with Crippen LogP contribution in [-0.2, 0) is 16.0 Å². The number of carbonyl (C=O) groups excluding carboxylic acids is 3. The van der Waals surface area contributed by atoms with Crippen LogP contribution < -0.4 is 10.2 Å². The smallest absolute Gasteiger partial charge is 0.335 e. The van der Waals surface area contributed by atoms with Gasteiger partial charge in [0, 0.05) is 11.6 Å². The number of nitrogens with zero attached hydrogens (tertiary/aromatic N) is 1. The molecule has 1 heterocycles. The third-order valence-electron chi connectivity index (χ3n) is 4.10. The maximum absolute atomic E-state index is 12.8. The first kappa shape index (κ1) is 18.9. The molecule has 0 radical (unpaired) electrons. The molecule has 0 aromatic heterocycles. The second-order valence-corrected chi connectivity index (χ2v) is 7.00. The topological polar surface area (TPSA) is 107 Å². The van der Waals surface area contributed by atoms with Gasteiger partial charge in [0.1, 0.15) is 17.1 Å². The minimum Gasteiger partial charge on any atom is -0.507 e. The van der Waals surface area contributed by atoms with Crippen molar-refractivity contribution in [2.75, 3.05) is 4.90 Å². The van der Waals surface area contributed by atoms with Crippen molar-refractivity contribution in [2.45, 2.75) is 13.3 Å². The molecule has 0 aliphatic carbocycles. The van der Waals surface area contributed by atoms with Crippen LogP contribution in [-0.4, -0.2) is 28.1 Å². The summed E-state index contributed by atoms with van der Waals surface area (Å²) in [4.78, 5) is 38.1. The van der Waals surface area contributed by atoms with Crippen molar-refractivity contribution in [1.29, 1.82) is 0 Å². The molecule has 1 aliphatic rings. The first-order chi connectivity index (χ1) is 12.8. The van der Waals surface area contributed by atoms with Crippen LogP contribution in [0.4, 0.5) is 10.5 Å². The van der Waals surface area contributed by atoms with Gasteiger partial charge in [0.05, 0.1) is 9.26 Å². The van der Waals surface area contributed by atoms with E-state index in [1.165, 1.54) is 12.1 Å². The van der Waals surface area contributed by atoms with Crippen molar-refractivity contribution in [1.82, 2.24) is 5.32 Å². The molecule has 8 heteroatoms. The van der Waals surface area contributed by atoms with Crippen LogP contribution in [0, 0.1) is 3.57 Å². The zero-order chi connectivity index (χ0) is 19.7. The standard InChI is InChI=1S/C19H15IN2O5/c1-2-10-3-5-12(6-4-10)22-18(26)13(17(25)21-19(22)27)7-11-8-14(20)16(24)9-15(11)23/h3-9,23-24H,2H2,1H3,(H,21,25,27)/b13-7-. The fourth-order valence-electron chi connectivity index (χ4n) is 2.61. The molecule has 0 spiro atoms. The second-order valence-electron chi connectivity index (χ2n) is 5.84. The Morgan fingerprint density at radius 3 is 2.37 bits per heavy atom. The lowest BCUT2D eigenvalue weighted by Gasteiger charge is -2.26. The molecule has 0 saturated carbocycles. The Morgan fingerprint density at radius 2 is 1.74 bits per heavy atom. The lowest BCUT2D eigenvalue weighted by atomic mass is 10.1. The molecule has 2 aromatic carbocycles. The number of rotatable bonds is 3. The number of benzene rings is 2. The summed E-state index contributed by atoms with van der Waals surface area (Å²) < 4.78 is 0.434. The minimum atomic E-state index is -0.853. The number of carbonyl (C=O) groups is 3. The van der Waals surface area contributed by atoms with Crippen LogP contribution in [0.2, 0.25) is 0 Å². The second kappa shape index (κ2) is 7.39. The Hall–Kier alpha value is -2.88. The molecule has 0 unspecified atom stereocenters. The molecule has 1 fully saturated rings. The number of imide groups is 2. The SMILES string of the molecule is CCc1ccc(N2C(=O)NC(=O)/C(=C/c3cc(I)c(O)cc3O)C2=O)cc1. The molecule has 0 atom stereocenters. The molecule has 4 amide bonds. The molecule has 1 saturated heterocycles. The Labute approximate surface area is 168 Å². The normalized spacial score (nSPS) is 16.0. The predicted molar refractivity (Wildman–Crippen MR) is 107 cm³/mol. The largest absolute Gasteiger partial charge is 0.507 e. The molecule has 7 nitrogen and oxygen atoms in total. The van der Waals surface area contributed by atoms with Crippen molar-refractivity contribution < 1.29 is 24.6 Å². The maximum atomic E-state index is 12.8. The number of halogens is 1. The predicted octanol–water partition coefficient (Wildman–Crippen LogP) is 2.93. The zero-order valence-corrected chi connectivity index (χ0v) is 16.4. The van der Waals surface area contributed by atoms with Crippen LogP contribution in [0.15, 0.2) is 42.0 Å². The summed E-state index contributed by atoms with van der Waals surface area (Å²) in [6.45, 7) is 1.98. The summed E-state index contributed by atoms with van der Waals surface area (Å²) in [7, 11) is 0. The van der Waals surface area contributed by atoms with Crippen molar-refractivity contribution in [3.05, 3.63) is 56.7 Å². The molecule has 3 rings (SSSR count). The van der Waals surface area contributed by atoms with E-state index in [1.807, 2.05) is 29.5 Å². The van der Waals surface area contributed by atoms with E-state index < -0.39 is 17.8 Å². The summed E-state index contributed by atoms with van der Waals surface area (Å²) in [5.74, 6) is -2.07. The van der Waals surface area contributed by atoms with E-state index in [0.29, 0.717) is 9.26 Å². The Morgan fingerprint density at radius 1 is 1.07 bits per heavy atom. The van der Waals surface area contributed by atoms with E-state index in [-0.39, 0.29) is 22.6 Å². The molecule has 1 aliphatic heterocycles. The number of urea groups is 1. The average Bonchev–Trinajstić information content (AvgIpc) is 2.63. The van der Waals surface area contributed by atoms with Crippen LogP contribution in [0.3, 0.4) is 0 Å². The van der Waals surface area contributed by atoms with Gasteiger partial charge >= 0.3 is 6.03 Å². The van der Waals surface area contributed by atoms with Crippen molar-refractivity contribution in [3.63, 3.8) is 0 Å². The zero-order valence-electron chi connectivity index (χ0n) is 14.2. The highest BCUT2D eigenvalue weighted by atomic mass is 127. The van der Waals surface area contributed by atoms with Crippen LogP contribution in [0.1, 0.15) is 18.1 Å². The van der Waals surface area contributed by atoms with Crippen LogP contribution in [0.25, 0.3) is 6.08 Å².